The van der Waals surface area contributed by atoms with Gasteiger partial charge in [-0.3, -0.25) is 4.79 Å². The second kappa shape index (κ2) is 5.48. The van der Waals surface area contributed by atoms with Crippen LogP contribution in [0.3, 0.4) is 0 Å². The van der Waals surface area contributed by atoms with Gasteiger partial charge in [0.25, 0.3) is 0 Å². The molecule has 0 bridgehead atoms. The molecule has 0 radical (unpaired) electrons. The minimum atomic E-state index is -0.824. The van der Waals surface area contributed by atoms with Crippen molar-refractivity contribution in [1.29, 1.82) is 0 Å². The average molecular weight is 283 g/mol. The van der Waals surface area contributed by atoms with E-state index < -0.39 is 5.97 Å². The lowest BCUT2D eigenvalue weighted by atomic mass is 9.97. The van der Waals surface area contributed by atoms with E-state index in [1.165, 1.54) is 0 Å². The van der Waals surface area contributed by atoms with Crippen LogP contribution in [0.2, 0.25) is 5.02 Å². The fraction of sp³-hybridized carbons (Fsp3) is 0.385. The molecule has 102 valence electrons. The van der Waals surface area contributed by atoms with Crippen molar-refractivity contribution in [3.05, 3.63) is 28.8 Å². The quantitative estimate of drug-likeness (QED) is 0.895. The maximum Gasteiger partial charge on any atom is 0.321 e. The van der Waals surface area contributed by atoms with Gasteiger partial charge in [0.1, 0.15) is 0 Å². The number of rotatable bonds is 3. The molecule has 0 aromatic heterocycles. The first-order valence-electron chi connectivity index (χ1n) is 5.99. The van der Waals surface area contributed by atoms with E-state index >= 15 is 0 Å². The Labute approximate surface area is 116 Å². The maximum atomic E-state index is 11.8. The van der Waals surface area contributed by atoms with E-state index in [0.717, 1.165) is 5.56 Å². The van der Waals surface area contributed by atoms with E-state index in [4.69, 9.17) is 16.7 Å². The Hall–Kier alpha value is -1.75. The fourth-order valence-electron chi connectivity index (χ4n) is 1.98. The molecule has 1 aromatic rings. The summed E-state index contributed by atoms with van der Waals surface area (Å²) in [6.07, 6.45) is 0.111. The van der Waals surface area contributed by atoms with Crippen LogP contribution >= 0.6 is 11.6 Å². The number of likely N-dealkylation sites (tertiary alicyclic amines) is 1. The van der Waals surface area contributed by atoms with Crippen molar-refractivity contribution in [2.45, 2.75) is 13.3 Å². The van der Waals surface area contributed by atoms with Gasteiger partial charge in [-0.05, 0) is 24.6 Å². The Morgan fingerprint density at radius 3 is 2.74 bits per heavy atom. The lowest BCUT2D eigenvalue weighted by Crippen LogP contribution is -2.52. The first-order chi connectivity index (χ1) is 8.95. The van der Waals surface area contributed by atoms with Crippen molar-refractivity contribution < 1.29 is 14.7 Å². The molecule has 5 nitrogen and oxygen atoms in total. The molecule has 1 heterocycles. The number of carbonyl (C=O) groups is 2. The van der Waals surface area contributed by atoms with E-state index in [2.05, 4.69) is 5.32 Å². The summed E-state index contributed by atoms with van der Waals surface area (Å²) in [7, 11) is 0. The van der Waals surface area contributed by atoms with Crippen LogP contribution in [0.15, 0.2) is 18.2 Å². The number of urea groups is 1. The number of benzene rings is 1. The van der Waals surface area contributed by atoms with Gasteiger partial charge in [0.05, 0.1) is 6.42 Å². The second-order valence-electron chi connectivity index (χ2n) is 4.76. The lowest BCUT2D eigenvalue weighted by Gasteiger charge is -2.38. The third kappa shape index (κ3) is 3.38. The number of amides is 2. The third-order valence-electron chi connectivity index (χ3n) is 3.13. The molecule has 0 unspecified atom stereocenters. The summed E-state index contributed by atoms with van der Waals surface area (Å²) in [6, 6.07) is 5.10. The minimum Gasteiger partial charge on any atom is -0.481 e. The predicted octanol–water partition coefficient (Wildman–Crippen LogP) is 2.59. The predicted molar refractivity (Wildman–Crippen MR) is 72.5 cm³/mol. The standard InChI is InChI=1S/C13H15ClN2O3/c1-8-2-3-10(5-11(8)14)15-13(19)16-6-9(7-16)4-12(17)18/h2-3,5,9H,4,6-7H2,1H3,(H,15,19)(H,17,18). The monoisotopic (exact) mass is 282 g/mol. The van der Waals surface area contributed by atoms with Crippen LogP contribution in [-0.2, 0) is 4.79 Å². The van der Waals surface area contributed by atoms with Gasteiger partial charge in [-0.15, -0.1) is 0 Å². The van der Waals surface area contributed by atoms with Crippen LogP contribution in [0.25, 0.3) is 0 Å². The van der Waals surface area contributed by atoms with Gasteiger partial charge in [-0.25, -0.2) is 4.79 Å². The van der Waals surface area contributed by atoms with Crippen molar-refractivity contribution in [3.8, 4) is 0 Å². The second-order valence-corrected chi connectivity index (χ2v) is 5.17. The molecule has 1 saturated heterocycles. The smallest absolute Gasteiger partial charge is 0.321 e. The summed E-state index contributed by atoms with van der Waals surface area (Å²) in [4.78, 5) is 23.9. The van der Waals surface area contributed by atoms with E-state index in [0.29, 0.717) is 23.8 Å². The molecule has 1 fully saturated rings. The van der Waals surface area contributed by atoms with Crippen LogP contribution in [-0.4, -0.2) is 35.1 Å². The van der Waals surface area contributed by atoms with Crippen LogP contribution in [0.1, 0.15) is 12.0 Å². The average Bonchev–Trinajstić information content (AvgIpc) is 2.27. The molecule has 0 spiro atoms. The number of halogens is 1. The highest BCUT2D eigenvalue weighted by Gasteiger charge is 2.32. The molecule has 0 atom stereocenters. The highest BCUT2D eigenvalue weighted by atomic mass is 35.5. The summed E-state index contributed by atoms with van der Waals surface area (Å²) in [5, 5.41) is 12.0. The van der Waals surface area contributed by atoms with Gasteiger partial charge >= 0.3 is 12.0 Å². The fourth-order valence-corrected chi connectivity index (χ4v) is 2.17. The molecular weight excluding hydrogens is 268 g/mol. The van der Waals surface area contributed by atoms with E-state index in [9.17, 15) is 9.59 Å². The zero-order valence-electron chi connectivity index (χ0n) is 10.5. The highest BCUT2D eigenvalue weighted by Crippen LogP contribution is 2.23. The minimum absolute atomic E-state index is 0.0601. The summed E-state index contributed by atoms with van der Waals surface area (Å²) in [6.45, 7) is 2.86. The first kappa shape index (κ1) is 13.7. The Morgan fingerprint density at radius 2 is 2.16 bits per heavy atom. The van der Waals surface area contributed by atoms with Crippen molar-refractivity contribution in [3.63, 3.8) is 0 Å². The zero-order chi connectivity index (χ0) is 14.0. The Bertz CT molecular complexity index is 513. The largest absolute Gasteiger partial charge is 0.481 e. The van der Waals surface area contributed by atoms with Gasteiger partial charge in [-0.1, -0.05) is 17.7 Å². The Balaban J connectivity index is 1.85. The Kier molecular flexibility index (Phi) is 3.95. The molecular formula is C13H15ClN2O3. The SMILES string of the molecule is Cc1ccc(NC(=O)N2CC(CC(=O)O)C2)cc1Cl. The molecule has 1 aliphatic heterocycles. The number of hydrogen-bond donors (Lipinski definition) is 2. The number of nitrogens with one attached hydrogen (secondary N) is 1. The molecule has 2 amide bonds. The van der Waals surface area contributed by atoms with Crippen molar-refractivity contribution in [1.82, 2.24) is 4.90 Å². The van der Waals surface area contributed by atoms with Gasteiger partial charge < -0.3 is 15.3 Å². The third-order valence-corrected chi connectivity index (χ3v) is 3.54. The summed E-state index contributed by atoms with van der Waals surface area (Å²) in [5.74, 6) is -0.764. The summed E-state index contributed by atoms with van der Waals surface area (Å²) in [5.41, 5.74) is 1.59. The van der Waals surface area contributed by atoms with Gasteiger partial charge in [0.2, 0.25) is 0 Å². The number of aryl methyl sites for hydroxylation is 1. The summed E-state index contributed by atoms with van der Waals surface area (Å²) < 4.78 is 0. The molecule has 0 aliphatic carbocycles. The topological polar surface area (TPSA) is 69.6 Å². The molecule has 1 aliphatic rings. The molecule has 2 N–H and O–H groups in total. The highest BCUT2D eigenvalue weighted by molar-refractivity contribution is 6.31. The number of nitrogens with zero attached hydrogens (tertiary/aromatic N) is 1. The van der Waals surface area contributed by atoms with E-state index in [1.54, 1.807) is 17.0 Å². The lowest BCUT2D eigenvalue weighted by molar-refractivity contribution is -0.139. The summed E-state index contributed by atoms with van der Waals surface area (Å²) >= 11 is 5.98. The van der Waals surface area contributed by atoms with Crippen LogP contribution in [0.4, 0.5) is 10.5 Å². The van der Waals surface area contributed by atoms with Gasteiger partial charge in [0, 0.05) is 29.7 Å². The first-order valence-corrected chi connectivity index (χ1v) is 6.37. The van der Waals surface area contributed by atoms with Crippen LogP contribution in [0.5, 0.6) is 0 Å². The normalized spacial score (nSPS) is 14.9. The van der Waals surface area contributed by atoms with Crippen molar-refractivity contribution >= 4 is 29.3 Å². The number of carboxylic acid groups (broad SMARTS) is 1. The number of carboxylic acids is 1. The Morgan fingerprint density at radius 1 is 1.47 bits per heavy atom. The molecule has 1 aromatic carbocycles. The van der Waals surface area contributed by atoms with Crippen molar-refractivity contribution in [2.24, 2.45) is 5.92 Å². The maximum absolute atomic E-state index is 11.8. The zero-order valence-corrected chi connectivity index (χ0v) is 11.3. The molecule has 19 heavy (non-hydrogen) atoms. The van der Waals surface area contributed by atoms with E-state index in [-0.39, 0.29) is 18.4 Å². The molecule has 0 saturated carbocycles. The van der Waals surface area contributed by atoms with Crippen LogP contribution in [0, 0.1) is 12.8 Å². The van der Waals surface area contributed by atoms with Crippen molar-refractivity contribution in [2.75, 3.05) is 18.4 Å². The number of anilines is 1. The van der Waals surface area contributed by atoms with E-state index in [1.807, 2.05) is 13.0 Å². The molecule has 2 rings (SSSR count). The molecule has 6 heteroatoms. The van der Waals surface area contributed by atoms with Crippen LogP contribution < -0.4 is 5.32 Å². The number of hydrogen-bond acceptors (Lipinski definition) is 2. The van der Waals surface area contributed by atoms with Gasteiger partial charge in [0.15, 0.2) is 0 Å². The van der Waals surface area contributed by atoms with Gasteiger partial charge in [-0.2, -0.15) is 0 Å². The number of carbonyl (C=O) groups excluding carboxylic acids is 1. The number of aliphatic carboxylic acids is 1.